The maximum atomic E-state index is 11.6. The van der Waals surface area contributed by atoms with E-state index in [-0.39, 0.29) is 32.1 Å². The van der Waals surface area contributed by atoms with Gasteiger partial charge in [-0.15, -0.1) is 0 Å². The SMILES string of the molecule is CNC(=O)CN(CCNCC(=O)O)CCN(CCNCC(=O)O)CC(=O)O. The van der Waals surface area contributed by atoms with Gasteiger partial charge in [-0.3, -0.25) is 29.0 Å². The van der Waals surface area contributed by atoms with E-state index in [1.807, 2.05) is 0 Å². The first-order valence-corrected chi connectivity index (χ1v) is 8.46. The van der Waals surface area contributed by atoms with Gasteiger partial charge in [0, 0.05) is 46.3 Å². The van der Waals surface area contributed by atoms with Gasteiger partial charge in [0.15, 0.2) is 0 Å². The van der Waals surface area contributed by atoms with Crippen molar-refractivity contribution >= 4 is 23.8 Å². The first kappa shape index (κ1) is 24.7. The third-order valence-corrected chi connectivity index (χ3v) is 3.50. The molecular weight excluding hydrogens is 362 g/mol. The van der Waals surface area contributed by atoms with Gasteiger partial charge in [0.05, 0.1) is 26.2 Å². The summed E-state index contributed by atoms with van der Waals surface area (Å²) < 4.78 is 0. The Morgan fingerprint density at radius 1 is 0.704 bits per heavy atom. The molecule has 0 aliphatic heterocycles. The van der Waals surface area contributed by atoms with E-state index in [1.54, 1.807) is 9.80 Å². The Morgan fingerprint density at radius 2 is 1.15 bits per heavy atom. The van der Waals surface area contributed by atoms with Crippen LogP contribution < -0.4 is 16.0 Å². The van der Waals surface area contributed by atoms with Crippen molar-refractivity contribution in [2.24, 2.45) is 0 Å². The highest BCUT2D eigenvalue weighted by atomic mass is 16.4. The van der Waals surface area contributed by atoms with Crippen LogP contribution in [0.15, 0.2) is 0 Å². The molecular formula is C15H29N5O7. The molecule has 0 atom stereocenters. The predicted octanol–water partition coefficient (Wildman–Crippen LogP) is -3.23. The number of carbonyl (C=O) groups is 4. The van der Waals surface area contributed by atoms with Gasteiger partial charge in [0.2, 0.25) is 5.91 Å². The summed E-state index contributed by atoms with van der Waals surface area (Å²) in [5.41, 5.74) is 0. The van der Waals surface area contributed by atoms with E-state index in [1.165, 1.54) is 7.05 Å². The fraction of sp³-hybridized carbons (Fsp3) is 0.733. The van der Waals surface area contributed by atoms with E-state index in [0.29, 0.717) is 39.3 Å². The zero-order valence-electron chi connectivity index (χ0n) is 15.4. The molecule has 0 bridgehead atoms. The van der Waals surface area contributed by atoms with Crippen LogP contribution in [0.5, 0.6) is 0 Å². The first-order valence-electron chi connectivity index (χ1n) is 8.46. The number of carboxylic acids is 3. The summed E-state index contributed by atoms with van der Waals surface area (Å²) in [6.07, 6.45) is 0. The van der Waals surface area contributed by atoms with Crippen molar-refractivity contribution in [3.05, 3.63) is 0 Å². The number of aliphatic carboxylic acids is 3. The number of nitrogens with one attached hydrogen (secondary N) is 3. The zero-order valence-corrected chi connectivity index (χ0v) is 15.4. The molecule has 0 aromatic rings. The van der Waals surface area contributed by atoms with Crippen LogP contribution in [0.3, 0.4) is 0 Å². The van der Waals surface area contributed by atoms with Crippen molar-refractivity contribution in [2.75, 3.05) is 72.5 Å². The Bertz CT molecular complexity index is 489. The highest BCUT2D eigenvalue weighted by Crippen LogP contribution is 1.93. The fourth-order valence-corrected chi connectivity index (χ4v) is 2.16. The standard InChI is InChI=1S/C15H29N5O7/c1-16-12(21)10-19(4-2-17-8-13(22)23)6-7-20(11-15(26)27)5-3-18-9-14(24)25/h17-18H,2-11H2,1H3,(H,16,21)(H,22,23)(H,24,25)(H,26,27). The van der Waals surface area contributed by atoms with Crippen LogP contribution in [0.4, 0.5) is 0 Å². The van der Waals surface area contributed by atoms with Crippen LogP contribution in [-0.2, 0) is 19.2 Å². The molecule has 0 spiro atoms. The van der Waals surface area contributed by atoms with Gasteiger partial charge in [-0.05, 0) is 0 Å². The monoisotopic (exact) mass is 391 g/mol. The number of hydrogen-bond acceptors (Lipinski definition) is 8. The van der Waals surface area contributed by atoms with Crippen molar-refractivity contribution in [1.29, 1.82) is 0 Å². The Morgan fingerprint density at radius 3 is 1.52 bits per heavy atom. The van der Waals surface area contributed by atoms with E-state index in [0.717, 1.165) is 0 Å². The fourth-order valence-electron chi connectivity index (χ4n) is 2.16. The van der Waals surface area contributed by atoms with Gasteiger partial charge in [-0.1, -0.05) is 0 Å². The largest absolute Gasteiger partial charge is 0.480 e. The molecule has 0 aliphatic rings. The Balaban J connectivity index is 4.51. The molecule has 0 rings (SSSR count). The molecule has 6 N–H and O–H groups in total. The second-order valence-corrected chi connectivity index (χ2v) is 5.76. The van der Waals surface area contributed by atoms with Gasteiger partial charge >= 0.3 is 17.9 Å². The number of nitrogens with zero attached hydrogens (tertiary/aromatic N) is 2. The maximum Gasteiger partial charge on any atom is 0.317 e. The number of hydrogen-bond donors (Lipinski definition) is 6. The van der Waals surface area contributed by atoms with Crippen molar-refractivity contribution in [3.63, 3.8) is 0 Å². The topological polar surface area (TPSA) is 172 Å². The van der Waals surface area contributed by atoms with Crippen LogP contribution in [0, 0.1) is 0 Å². The van der Waals surface area contributed by atoms with Crippen LogP contribution >= 0.6 is 0 Å². The number of carbonyl (C=O) groups excluding carboxylic acids is 1. The highest BCUT2D eigenvalue weighted by Gasteiger charge is 2.14. The Hall–Kier alpha value is -2.28. The molecule has 156 valence electrons. The smallest absolute Gasteiger partial charge is 0.317 e. The van der Waals surface area contributed by atoms with Crippen LogP contribution in [0.1, 0.15) is 0 Å². The average Bonchev–Trinajstić information content (AvgIpc) is 2.58. The molecule has 0 radical (unpaired) electrons. The van der Waals surface area contributed by atoms with E-state index < -0.39 is 17.9 Å². The van der Waals surface area contributed by atoms with Crippen molar-refractivity contribution < 1.29 is 34.5 Å². The summed E-state index contributed by atoms with van der Waals surface area (Å²) in [5, 5.41) is 34.1. The molecule has 1 amide bonds. The highest BCUT2D eigenvalue weighted by molar-refractivity contribution is 5.77. The molecule has 0 saturated heterocycles. The van der Waals surface area contributed by atoms with Gasteiger partial charge in [-0.25, -0.2) is 0 Å². The number of amides is 1. The Kier molecular flexibility index (Phi) is 13.6. The minimum absolute atomic E-state index is 0.101. The molecule has 12 nitrogen and oxygen atoms in total. The van der Waals surface area contributed by atoms with E-state index >= 15 is 0 Å². The average molecular weight is 391 g/mol. The van der Waals surface area contributed by atoms with Crippen molar-refractivity contribution in [3.8, 4) is 0 Å². The molecule has 0 aromatic heterocycles. The van der Waals surface area contributed by atoms with E-state index in [2.05, 4.69) is 16.0 Å². The van der Waals surface area contributed by atoms with Gasteiger partial charge in [0.25, 0.3) is 0 Å². The lowest BCUT2D eigenvalue weighted by atomic mass is 10.3. The van der Waals surface area contributed by atoms with Gasteiger partial charge in [0.1, 0.15) is 0 Å². The van der Waals surface area contributed by atoms with Crippen LogP contribution in [0.25, 0.3) is 0 Å². The number of likely N-dealkylation sites (N-methyl/N-ethyl adjacent to an activating group) is 1. The number of carboxylic acid groups (broad SMARTS) is 3. The molecule has 0 fully saturated rings. The lowest BCUT2D eigenvalue weighted by Gasteiger charge is -2.26. The van der Waals surface area contributed by atoms with Crippen molar-refractivity contribution in [1.82, 2.24) is 25.8 Å². The van der Waals surface area contributed by atoms with Crippen LogP contribution in [0.2, 0.25) is 0 Å². The first-order chi connectivity index (χ1) is 12.7. The normalized spacial score (nSPS) is 10.9. The lowest BCUT2D eigenvalue weighted by Crippen LogP contribution is -2.45. The third-order valence-electron chi connectivity index (χ3n) is 3.50. The number of rotatable bonds is 17. The Labute approximate surface area is 157 Å². The summed E-state index contributed by atoms with van der Waals surface area (Å²) >= 11 is 0. The molecule has 12 heteroatoms. The molecule has 0 aliphatic carbocycles. The molecule has 0 saturated carbocycles. The quantitative estimate of drug-likeness (QED) is 0.138. The molecule has 27 heavy (non-hydrogen) atoms. The summed E-state index contributed by atoms with van der Waals surface area (Å²) in [6, 6.07) is 0. The van der Waals surface area contributed by atoms with E-state index in [4.69, 9.17) is 15.3 Å². The van der Waals surface area contributed by atoms with Gasteiger partial charge < -0.3 is 31.3 Å². The molecule has 0 heterocycles. The second-order valence-electron chi connectivity index (χ2n) is 5.76. The van der Waals surface area contributed by atoms with Crippen molar-refractivity contribution in [2.45, 2.75) is 0 Å². The zero-order chi connectivity index (χ0) is 20.7. The summed E-state index contributed by atoms with van der Waals surface area (Å²) in [6.45, 7) is 1.68. The molecule has 0 unspecified atom stereocenters. The van der Waals surface area contributed by atoms with Crippen LogP contribution in [-0.4, -0.2) is 121 Å². The predicted molar refractivity (Wildman–Crippen MR) is 95.6 cm³/mol. The third kappa shape index (κ3) is 15.7. The summed E-state index contributed by atoms with van der Waals surface area (Å²) in [4.78, 5) is 47.0. The summed E-state index contributed by atoms with van der Waals surface area (Å²) in [7, 11) is 1.51. The minimum atomic E-state index is -1.01. The summed E-state index contributed by atoms with van der Waals surface area (Å²) in [5.74, 6) is -3.19. The molecule has 0 aromatic carbocycles. The second kappa shape index (κ2) is 14.8. The maximum absolute atomic E-state index is 11.6. The lowest BCUT2D eigenvalue weighted by molar-refractivity contribution is -0.139. The van der Waals surface area contributed by atoms with E-state index in [9.17, 15) is 19.2 Å². The minimum Gasteiger partial charge on any atom is -0.480 e. The van der Waals surface area contributed by atoms with Gasteiger partial charge in [-0.2, -0.15) is 0 Å².